The summed E-state index contributed by atoms with van der Waals surface area (Å²) in [6.07, 6.45) is 0. The summed E-state index contributed by atoms with van der Waals surface area (Å²) < 4.78 is 9.41. The zero-order valence-corrected chi connectivity index (χ0v) is 37.3. The first-order valence-corrected chi connectivity index (χ1v) is 23.2. The van der Waals surface area contributed by atoms with Crippen LogP contribution in [0.25, 0.3) is 121 Å². The molecule has 0 saturated carbocycles. The van der Waals surface area contributed by atoms with Gasteiger partial charge in [0.15, 0.2) is 0 Å². The minimum atomic E-state index is 0.215. The van der Waals surface area contributed by atoms with Crippen LogP contribution < -0.4 is 0 Å². The van der Waals surface area contributed by atoms with E-state index in [0.717, 1.165) is 110 Å². The van der Waals surface area contributed by atoms with Crippen LogP contribution in [-0.2, 0) is 0 Å². The molecule has 4 heterocycles. The average molecular weight is 890 g/mol. The number of hydrogen-bond donors (Lipinski definition) is 0. The standard InChI is InChI=1S/C63H35N7/c64-36-39-33-40(37-65)60(41(34-39)38-66)61-62(69-54-29-13-5-21-46(54)47-22-6-14-30-55(47)69)58(67-50-25-9-1-17-42(50)43-18-2-10-26-51(43)67)35-59(68-52-27-11-3-19-44(52)45-20-4-12-28-53(45)68)63(61)70-56-31-15-7-23-48(56)49-24-8-16-32-57(49)70/h1-35H. The van der Waals surface area contributed by atoms with Crippen molar-refractivity contribution in [2.24, 2.45) is 0 Å². The zero-order chi connectivity index (χ0) is 46.6. The molecule has 0 fully saturated rings. The number of para-hydroxylation sites is 8. The lowest BCUT2D eigenvalue weighted by Gasteiger charge is -2.28. The Labute approximate surface area is 400 Å². The van der Waals surface area contributed by atoms with E-state index in [9.17, 15) is 15.8 Å². The minimum absolute atomic E-state index is 0.215. The highest BCUT2D eigenvalue weighted by Gasteiger charge is 2.33. The Morgan fingerprint density at radius 2 is 0.500 bits per heavy atom. The van der Waals surface area contributed by atoms with Gasteiger partial charge in [0.05, 0.1) is 102 Å². The zero-order valence-electron chi connectivity index (χ0n) is 37.3. The minimum Gasteiger partial charge on any atom is -0.307 e. The first-order valence-electron chi connectivity index (χ1n) is 23.2. The number of rotatable bonds is 5. The molecular formula is C63H35N7. The molecule has 7 nitrogen and oxygen atoms in total. The molecule has 0 aliphatic heterocycles. The van der Waals surface area contributed by atoms with Crippen LogP contribution in [0, 0.1) is 34.0 Å². The van der Waals surface area contributed by atoms with E-state index in [-0.39, 0.29) is 16.7 Å². The lowest BCUT2D eigenvalue weighted by atomic mass is 9.89. The molecule has 14 rings (SSSR count). The third-order valence-corrected chi connectivity index (χ3v) is 14.2. The Morgan fingerprint density at radius 3 is 0.743 bits per heavy atom. The molecule has 4 aromatic heterocycles. The molecule has 0 unspecified atom stereocenters. The van der Waals surface area contributed by atoms with E-state index in [1.807, 2.05) is 0 Å². The van der Waals surface area contributed by atoms with Crippen LogP contribution in [0.4, 0.5) is 0 Å². The number of fused-ring (bicyclic) bond motifs is 12. The van der Waals surface area contributed by atoms with Gasteiger partial charge in [-0.05, 0) is 66.7 Å². The van der Waals surface area contributed by atoms with Crippen molar-refractivity contribution in [3.05, 3.63) is 229 Å². The Kier molecular flexibility index (Phi) is 8.34. The Morgan fingerprint density at radius 1 is 0.257 bits per heavy atom. The van der Waals surface area contributed by atoms with Crippen molar-refractivity contribution in [2.45, 2.75) is 0 Å². The molecule has 7 heteroatoms. The van der Waals surface area contributed by atoms with Gasteiger partial charge in [-0.15, -0.1) is 0 Å². The van der Waals surface area contributed by atoms with Gasteiger partial charge in [0.25, 0.3) is 0 Å². The van der Waals surface area contributed by atoms with Gasteiger partial charge in [-0.1, -0.05) is 146 Å². The molecular weight excluding hydrogens is 855 g/mol. The number of nitriles is 3. The van der Waals surface area contributed by atoms with E-state index in [1.165, 1.54) is 0 Å². The van der Waals surface area contributed by atoms with Crippen LogP contribution in [0.3, 0.4) is 0 Å². The van der Waals surface area contributed by atoms with E-state index >= 15 is 0 Å². The van der Waals surface area contributed by atoms with Gasteiger partial charge in [-0.3, -0.25) is 0 Å². The van der Waals surface area contributed by atoms with Gasteiger partial charge in [0, 0.05) is 54.2 Å². The average Bonchev–Trinajstić information content (AvgIpc) is 4.15. The highest BCUT2D eigenvalue weighted by atomic mass is 15.1. The molecule has 0 amide bonds. The second-order valence-corrected chi connectivity index (χ2v) is 17.7. The predicted molar refractivity (Wildman–Crippen MR) is 283 cm³/mol. The van der Waals surface area contributed by atoms with Gasteiger partial charge in [0.1, 0.15) is 0 Å². The van der Waals surface area contributed by atoms with Crippen molar-refractivity contribution in [2.75, 3.05) is 0 Å². The molecule has 10 aromatic carbocycles. The molecule has 322 valence electrons. The smallest absolute Gasteiger partial charge is 0.0999 e. The number of benzene rings is 10. The molecule has 0 radical (unpaired) electrons. The fourth-order valence-corrected chi connectivity index (χ4v) is 11.5. The van der Waals surface area contributed by atoms with Crippen LogP contribution in [0.15, 0.2) is 212 Å². The molecule has 0 N–H and O–H groups in total. The molecule has 0 saturated heterocycles. The van der Waals surface area contributed by atoms with E-state index < -0.39 is 0 Å². The maximum atomic E-state index is 11.5. The molecule has 0 atom stereocenters. The molecule has 0 spiro atoms. The maximum Gasteiger partial charge on any atom is 0.0999 e. The van der Waals surface area contributed by atoms with E-state index in [1.54, 1.807) is 12.1 Å². The molecule has 0 aliphatic carbocycles. The lowest BCUT2D eigenvalue weighted by Crippen LogP contribution is -2.14. The van der Waals surface area contributed by atoms with Crippen LogP contribution in [0.5, 0.6) is 0 Å². The van der Waals surface area contributed by atoms with Crippen molar-refractivity contribution >= 4 is 87.2 Å². The predicted octanol–water partition coefficient (Wildman–Crippen LogP) is 15.4. The highest BCUT2D eigenvalue weighted by molar-refractivity contribution is 6.16. The number of nitrogens with zero attached hydrogens (tertiary/aromatic N) is 7. The highest BCUT2D eigenvalue weighted by Crippen LogP contribution is 2.51. The second-order valence-electron chi connectivity index (χ2n) is 17.7. The summed E-state index contributed by atoms with van der Waals surface area (Å²) in [7, 11) is 0. The van der Waals surface area contributed by atoms with Crippen molar-refractivity contribution in [1.82, 2.24) is 18.3 Å². The SMILES string of the molecule is N#Cc1cc(C#N)c(-c2c(-n3c4ccccc4c4ccccc43)c(-n3c4ccccc4c4ccccc43)cc(-n3c4ccccc4c4ccccc43)c2-n2c3ccccc3c3ccccc32)c(C#N)c1. The first kappa shape index (κ1) is 39.1. The third kappa shape index (κ3) is 5.30. The summed E-state index contributed by atoms with van der Waals surface area (Å²) in [5, 5.41) is 42.1. The van der Waals surface area contributed by atoms with Crippen LogP contribution in [0.1, 0.15) is 16.7 Å². The largest absolute Gasteiger partial charge is 0.307 e. The summed E-state index contributed by atoms with van der Waals surface area (Å²) in [5.41, 5.74) is 12.7. The van der Waals surface area contributed by atoms with Crippen molar-refractivity contribution in [1.29, 1.82) is 15.8 Å². The Balaban J connectivity index is 1.37. The summed E-state index contributed by atoms with van der Waals surface area (Å²) in [5.74, 6) is 0. The Bertz CT molecular complexity index is 4210. The summed E-state index contributed by atoms with van der Waals surface area (Å²) in [6, 6.07) is 80.9. The van der Waals surface area contributed by atoms with Gasteiger partial charge in [-0.25, -0.2) is 0 Å². The fraction of sp³-hybridized carbons (Fsp3) is 0. The fourth-order valence-electron chi connectivity index (χ4n) is 11.5. The van der Waals surface area contributed by atoms with Crippen LogP contribution >= 0.6 is 0 Å². The van der Waals surface area contributed by atoms with Crippen LogP contribution in [0.2, 0.25) is 0 Å². The lowest BCUT2D eigenvalue weighted by molar-refractivity contribution is 1.04. The summed E-state index contributed by atoms with van der Waals surface area (Å²) in [6.45, 7) is 0. The quantitative estimate of drug-likeness (QED) is 0.172. The molecule has 0 bridgehead atoms. The van der Waals surface area contributed by atoms with Crippen molar-refractivity contribution in [3.63, 3.8) is 0 Å². The molecule has 70 heavy (non-hydrogen) atoms. The maximum absolute atomic E-state index is 11.5. The van der Waals surface area contributed by atoms with E-state index in [0.29, 0.717) is 11.1 Å². The van der Waals surface area contributed by atoms with Gasteiger partial charge in [0.2, 0.25) is 0 Å². The monoisotopic (exact) mass is 889 g/mol. The van der Waals surface area contributed by atoms with Crippen LogP contribution in [-0.4, -0.2) is 18.3 Å². The summed E-state index contributed by atoms with van der Waals surface area (Å²) in [4.78, 5) is 0. The molecule has 14 aromatic rings. The topological polar surface area (TPSA) is 91.1 Å². The first-order chi connectivity index (χ1) is 34.7. The van der Waals surface area contributed by atoms with E-state index in [2.05, 4.69) is 237 Å². The van der Waals surface area contributed by atoms with Gasteiger partial charge < -0.3 is 18.3 Å². The number of hydrogen-bond acceptors (Lipinski definition) is 3. The van der Waals surface area contributed by atoms with Gasteiger partial charge >= 0.3 is 0 Å². The van der Waals surface area contributed by atoms with E-state index in [4.69, 9.17) is 0 Å². The third-order valence-electron chi connectivity index (χ3n) is 14.2. The Hall–Kier alpha value is -10.1. The summed E-state index contributed by atoms with van der Waals surface area (Å²) >= 11 is 0. The molecule has 0 aliphatic rings. The number of aromatic nitrogens is 4. The van der Waals surface area contributed by atoms with Crippen molar-refractivity contribution in [3.8, 4) is 52.1 Å². The van der Waals surface area contributed by atoms with Gasteiger partial charge in [-0.2, -0.15) is 15.8 Å². The second kappa shape index (κ2) is 14.9. The van der Waals surface area contributed by atoms with Crippen molar-refractivity contribution < 1.29 is 0 Å². The normalized spacial score (nSPS) is 11.7.